The molecule has 7 N–H and O–H groups in total. The number of hydroxylamine groups is 1. The van der Waals surface area contributed by atoms with Gasteiger partial charge in [0.1, 0.15) is 6.10 Å². The summed E-state index contributed by atoms with van der Waals surface area (Å²) in [4.78, 5) is 36.4. The zero-order valence-electron chi connectivity index (χ0n) is 29.3. The normalized spacial score (nSPS) is 12.5. The van der Waals surface area contributed by atoms with Gasteiger partial charge in [0.05, 0.1) is 5.70 Å². The summed E-state index contributed by atoms with van der Waals surface area (Å²) in [5, 5.41) is 5.15. The van der Waals surface area contributed by atoms with Crippen LogP contribution in [0.4, 0.5) is 0 Å². The number of carbonyl (C=O) groups is 2. The summed E-state index contributed by atoms with van der Waals surface area (Å²) in [6.45, 7) is 11.1. The summed E-state index contributed by atoms with van der Waals surface area (Å²) in [6, 6.07) is 8.25. The minimum absolute atomic E-state index is 0. The number of hydrogen-bond donors (Lipinski definition) is 5. The van der Waals surface area contributed by atoms with Crippen LogP contribution in [0.5, 0.6) is 0 Å². The maximum atomic E-state index is 12.2. The van der Waals surface area contributed by atoms with Gasteiger partial charge in [-0.1, -0.05) is 69.2 Å². The summed E-state index contributed by atoms with van der Waals surface area (Å²) < 4.78 is 0. The van der Waals surface area contributed by atoms with Crippen molar-refractivity contribution < 1.29 is 65.8 Å². The van der Waals surface area contributed by atoms with Gasteiger partial charge in [-0.15, -0.1) is 17.9 Å². The van der Waals surface area contributed by atoms with E-state index in [4.69, 9.17) is 22.0 Å². The molecule has 0 saturated carbocycles. The Labute approximate surface area is 334 Å². The van der Waals surface area contributed by atoms with Crippen LogP contribution >= 0.6 is 24.0 Å². The van der Waals surface area contributed by atoms with Crippen molar-refractivity contribution in [2.45, 2.75) is 85.0 Å². The number of nitrogens with two attached hydrogens (primary N) is 3. The number of rotatable bonds is 17. The summed E-state index contributed by atoms with van der Waals surface area (Å²) >= 11 is 5.52. The molecule has 0 unspecified atom stereocenters. The topological polar surface area (TPSA) is 173 Å². The number of thiol groups is 1. The summed E-state index contributed by atoms with van der Waals surface area (Å²) in [5.74, 6) is 1.08. The Morgan fingerprint density at radius 2 is 1.83 bits per heavy atom. The molecule has 0 aliphatic rings. The van der Waals surface area contributed by atoms with Crippen LogP contribution < -0.4 is 73.9 Å². The number of allylic oxidation sites excluding steroid dienone is 5. The number of Topliss-reactive ketones (excluding diaryl/α,β-unsaturated/α-hetero) is 2. The third-order valence-corrected chi connectivity index (χ3v) is 7.59. The van der Waals surface area contributed by atoms with Crippen LogP contribution in [0.2, 0.25) is 0 Å². The third-order valence-electron chi connectivity index (χ3n) is 6.44. The second-order valence-corrected chi connectivity index (χ2v) is 11.2. The Balaban J connectivity index is 0. The fourth-order valence-electron chi connectivity index (χ4n) is 3.46. The molecule has 2 aromatic rings. The molecule has 10 nitrogen and oxygen atoms in total. The van der Waals surface area contributed by atoms with Crippen molar-refractivity contribution in [1.29, 1.82) is 0 Å². The average Bonchev–Trinajstić information content (AvgIpc) is 3.64. The Bertz CT molecular complexity index is 1250. The van der Waals surface area contributed by atoms with E-state index in [1.165, 1.54) is 22.5 Å². The van der Waals surface area contributed by atoms with E-state index < -0.39 is 6.10 Å². The van der Waals surface area contributed by atoms with Crippen LogP contribution in [0.25, 0.3) is 11.2 Å². The second kappa shape index (κ2) is 30.3. The van der Waals surface area contributed by atoms with E-state index in [9.17, 15) is 9.59 Å². The summed E-state index contributed by atoms with van der Waals surface area (Å²) in [7, 11) is 1.61. The molecule has 13 heteroatoms. The molecule has 1 heterocycles. The van der Waals surface area contributed by atoms with Crippen molar-refractivity contribution in [3.8, 4) is 0 Å². The van der Waals surface area contributed by atoms with Gasteiger partial charge in [-0.05, 0) is 56.7 Å². The number of nitrogens with one attached hydrogen (secondary N) is 1. The molecule has 0 aliphatic carbocycles. The zero-order chi connectivity index (χ0) is 34.7. The number of aliphatic imine (C=N–C) groups is 1. The Morgan fingerprint density at radius 3 is 2.34 bits per heavy atom. The molecule has 1 aromatic carbocycles. The minimum Gasteiger partial charge on any atom is -0.534 e. The summed E-state index contributed by atoms with van der Waals surface area (Å²) in [5.41, 5.74) is 25.7. The molecule has 1 aromatic heterocycles. The predicted molar refractivity (Wildman–Crippen MR) is 198 cm³/mol. The van der Waals surface area contributed by atoms with Gasteiger partial charge in [0.25, 0.3) is 0 Å². The van der Waals surface area contributed by atoms with Gasteiger partial charge < -0.3 is 32.8 Å². The van der Waals surface area contributed by atoms with Crippen molar-refractivity contribution >= 4 is 47.2 Å². The molecule has 2 rings (SSSR count). The third kappa shape index (κ3) is 21.7. The van der Waals surface area contributed by atoms with Gasteiger partial charge in [0.2, 0.25) is 5.78 Å². The second-order valence-electron chi connectivity index (χ2n) is 10.00. The molecular weight excluding hydrogens is 658 g/mol. The minimum atomic E-state index is -0.595. The largest absolute Gasteiger partial charge is 1.00 e. The van der Waals surface area contributed by atoms with Gasteiger partial charge in [-0.2, -0.15) is 12.6 Å². The van der Waals surface area contributed by atoms with Gasteiger partial charge in [-0.3, -0.25) is 14.6 Å². The quantitative estimate of drug-likeness (QED) is 0.0190. The Hall–Kier alpha value is -1.81. The molecule has 0 radical (unpaired) electrons. The van der Waals surface area contributed by atoms with Crippen LogP contribution in [0.1, 0.15) is 94.1 Å². The zero-order valence-corrected chi connectivity index (χ0v) is 34.1. The van der Waals surface area contributed by atoms with Crippen LogP contribution in [0.3, 0.4) is 0 Å². The summed E-state index contributed by atoms with van der Waals surface area (Å²) in [6.07, 6.45) is 11.1. The van der Waals surface area contributed by atoms with E-state index in [-0.39, 0.29) is 63.0 Å². The van der Waals surface area contributed by atoms with E-state index in [1.54, 1.807) is 30.8 Å². The molecule has 256 valence electrons. The number of nitrogens with zero attached hydrogens (tertiary/aromatic N) is 3. The van der Waals surface area contributed by atoms with Crippen molar-refractivity contribution in [2.24, 2.45) is 22.2 Å². The molecule has 0 aliphatic heterocycles. The molecule has 0 amide bonds. The Morgan fingerprint density at radius 1 is 1.15 bits per heavy atom. The van der Waals surface area contributed by atoms with Crippen LogP contribution in [0.15, 0.2) is 70.3 Å². The first-order valence-corrected chi connectivity index (χ1v) is 17.1. The van der Waals surface area contributed by atoms with E-state index in [0.717, 1.165) is 42.7 Å². The first-order valence-electron chi connectivity index (χ1n) is 15.6. The van der Waals surface area contributed by atoms with Crippen molar-refractivity contribution in [3.63, 3.8) is 0 Å². The number of benzene rings is 1. The van der Waals surface area contributed by atoms with Gasteiger partial charge >= 0.3 is 51.4 Å². The van der Waals surface area contributed by atoms with Crippen LogP contribution in [-0.2, 0) is 15.4 Å². The van der Waals surface area contributed by atoms with Crippen molar-refractivity contribution in [1.82, 2.24) is 10.3 Å². The van der Waals surface area contributed by atoms with Gasteiger partial charge in [-0.25, -0.2) is 4.98 Å². The van der Waals surface area contributed by atoms with Gasteiger partial charge in [0, 0.05) is 43.0 Å². The number of carbonyl (C=O) groups excluding carboxylic acids is 2. The standard InChI is InChI=1S/C12H20N5O2S.C12H17NS.C10H17NO.K/c1-3-17-19-9(5-4-6-16-12(13)14-2)10(18)11-15-7-8-20-11;1-3-9(2)12(13)11-6-4-10(8-14)5-7-11;1-3-5-7-9(11)10(12)8-6-4-2;/h7-9H,3-6H2,1-2H3,(H3,13,14,16);4-7,14H,3,8,13H2,1-2H3;3,5,7H,4,6,8,11H2,1-2H3;/q-1;;;+1/b;12-9-;5-3-,9-7+;/t9-;;;/m0.../s1. The Kier molecular flexibility index (Phi) is 30.5. The maximum absolute atomic E-state index is 12.2. The number of hydrogen-bond acceptors (Lipinski definition) is 9. The van der Waals surface area contributed by atoms with Crippen LogP contribution in [-0.4, -0.2) is 48.8 Å². The van der Waals surface area contributed by atoms with Crippen LogP contribution in [0, 0.1) is 0 Å². The first-order chi connectivity index (χ1) is 22.1. The molecule has 47 heavy (non-hydrogen) atoms. The van der Waals surface area contributed by atoms with E-state index in [0.29, 0.717) is 42.6 Å². The fraction of sp³-hybridized carbons (Fsp3) is 0.471. The molecule has 0 saturated heterocycles. The number of unbranched alkanes of at least 4 members (excludes halogenated alkanes) is 1. The predicted octanol–water partition coefficient (Wildman–Crippen LogP) is 3.72. The van der Waals surface area contributed by atoms with E-state index in [2.05, 4.69) is 78.4 Å². The molecule has 0 spiro atoms. The average molecular weight is 712 g/mol. The van der Waals surface area contributed by atoms with E-state index in [1.807, 2.05) is 19.9 Å². The molecule has 1 atom stereocenters. The first kappa shape index (κ1) is 47.3. The number of guanidine groups is 1. The number of ketones is 2. The SMILES string of the molecule is C/C=C\C=C(\N)C(=O)CCCC.CC/C(C)=C(\N)c1ccc(CS)cc1.CC[N-]O[C@@H](CCCNC(N)=NC)C(=O)c1nccs1.[K+]. The molecule has 0 fully saturated rings. The van der Waals surface area contributed by atoms with Crippen molar-refractivity contribution in [2.75, 3.05) is 20.1 Å². The number of aromatic nitrogens is 1. The monoisotopic (exact) mass is 711 g/mol. The molecular formula is C34H54KN7O3S2. The maximum Gasteiger partial charge on any atom is 1.00 e. The van der Waals surface area contributed by atoms with Crippen molar-refractivity contribution in [3.05, 3.63) is 87.0 Å². The smallest absolute Gasteiger partial charge is 0.534 e. The van der Waals surface area contributed by atoms with Gasteiger partial charge in [0.15, 0.2) is 16.8 Å². The van der Waals surface area contributed by atoms with E-state index >= 15 is 0 Å². The number of thiazole rings is 1. The molecule has 0 bridgehead atoms. The fourth-order valence-corrected chi connectivity index (χ4v) is 4.29.